The zero-order valence-electron chi connectivity index (χ0n) is 13.5. The van der Waals surface area contributed by atoms with E-state index < -0.39 is 11.9 Å². The molecule has 1 aromatic heterocycles. The van der Waals surface area contributed by atoms with Gasteiger partial charge in [0.1, 0.15) is 6.04 Å². The number of hydrogen-bond donors (Lipinski definition) is 1. The number of fused-ring (bicyclic) bond motifs is 1. The molecular weight excluding hydrogens is 278 g/mol. The summed E-state index contributed by atoms with van der Waals surface area (Å²) in [6.07, 6.45) is 3.20. The quantitative estimate of drug-likeness (QED) is 0.886. The van der Waals surface area contributed by atoms with Crippen molar-refractivity contribution < 1.29 is 14.4 Å². The summed E-state index contributed by atoms with van der Waals surface area (Å²) in [6, 6.07) is 7.96. The highest BCUT2D eigenvalue weighted by Crippen LogP contribution is 2.36. The minimum absolute atomic E-state index is 0.0737. The molecule has 2 unspecified atom stereocenters. The third kappa shape index (κ3) is 2.39. The maximum absolute atomic E-state index is 12.1. The van der Waals surface area contributed by atoms with E-state index in [9.17, 15) is 9.90 Å². The Morgan fingerprint density at radius 3 is 2.77 bits per heavy atom. The van der Waals surface area contributed by atoms with E-state index in [-0.39, 0.29) is 6.04 Å². The first-order chi connectivity index (χ1) is 10.4. The normalized spacial score (nSPS) is 22.6. The number of aliphatic carboxylic acids is 1. The number of carboxylic acid groups (broad SMARTS) is 1. The number of carbonyl (C=O) groups is 1. The third-order valence-corrected chi connectivity index (χ3v) is 5.11. The van der Waals surface area contributed by atoms with Crippen molar-refractivity contribution in [1.29, 1.82) is 0 Å². The molecule has 22 heavy (non-hydrogen) atoms. The molecule has 0 amide bonds. The van der Waals surface area contributed by atoms with E-state index in [1.165, 1.54) is 6.42 Å². The van der Waals surface area contributed by atoms with Crippen LogP contribution in [0.4, 0.5) is 0 Å². The van der Waals surface area contributed by atoms with E-state index in [4.69, 9.17) is 0 Å². The van der Waals surface area contributed by atoms with Crippen molar-refractivity contribution in [1.82, 2.24) is 9.78 Å². The van der Waals surface area contributed by atoms with Crippen molar-refractivity contribution in [2.24, 2.45) is 7.05 Å². The van der Waals surface area contributed by atoms with Crippen LogP contribution in [-0.2, 0) is 11.8 Å². The molecule has 1 aromatic carbocycles. The van der Waals surface area contributed by atoms with E-state index in [1.54, 1.807) is 4.68 Å². The summed E-state index contributed by atoms with van der Waals surface area (Å²) in [5.74, 6) is -1.32. The number of aryl methyl sites for hydroxylation is 1. The van der Waals surface area contributed by atoms with Gasteiger partial charge in [-0.05, 0) is 18.9 Å². The van der Waals surface area contributed by atoms with Crippen LogP contribution in [-0.4, -0.2) is 52.0 Å². The van der Waals surface area contributed by atoms with Gasteiger partial charge < -0.3 is 9.59 Å². The van der Waals surface area contributed by atoms with Gasteiger partial charge in [0.05, 0.1) is 31.9 Å². The minimum atomic E-state index is -0.762. The van der Waals surface area contributed by atoms with Crippen molar-refractivity contribution in [3.63, 3.8) is 0 Å². The van der Waals surface area contributed by atoms with Crippen molar-refractivity contribution >= 4 is 16.9 Å². The molecule has 1 aliphatic heterocycles. The van der Waals surface area contributed by atoms with E-state index in [0.29, 0.717) is 5.69 Å². The van der Waals surface area contributed by atoms with Crippen LogP contribution in [0.15, 0.2) is 24.3 Å². The van der Waals surface area contributed by atoms with Crippen LogP contribution in [0.5, 0.6) is 0 Å². The monoisotopic (exact) mass is 302 g/mol. The molecule has 0 saturated carbocycles. The fourth-order valence-electron chi connectivity index (χ4n) is 3.89. The lowest BCUT2D eigenvalue weighted by Gasteiger charge is -2.43. The molecule has 2 aromatic rings. The molecule has 0 aliphatic carbocycles. The number of para-hydroxylation sites is 1. The number of benzene rings is 1. The summed E-state index contributed by atoms with van der Waals surface area (Å²) in [5.41, 5.74) is 1.70. The van der Waals surface area contributed by atoms with Gasteiger partial charge in [-0.3, -0.25) is 9.48 Å². The van der Waals surface area contributed by atoms with E-state index in [1.807, 2.05) is 31.3 Å². The number of rotatable bonds is 3. The van der Waals surface area contributed by atoms with Crippen molar-refractivity contribution in [3.8, 4) is 0 Å². The molecule has 3 rings (SSSR count). The zero-order valence-corrected chi connectivity index (χ0v) is 13.5. The van der Waals surface area contributed by atoms with Gasteiger partial charge in [0.15, 0.2) is 5.92 Å². The number of likely N-dealkylation sites (tertiary alicyclic amines) is 1. The number of likely N-dealkylation sites (N-methyl/N-ethyl adjacent to an activating group) is 1. The number of quaternary nitrogens is 1. The molecule has 1 aliphatic rings. The molecule has 5 heteroatoms. The average Bonchev–Trinajstić information content (AvgIpc) is 2.78. The van der Waals surface area contributed by atoms with Crippen LogP contribution < -0.4 is 0 Å². The largest absolute Gasteiger partial charge is 0.481 e. The molecule has 2 heterocycles. The molecule has 0 spiro atoms. The first-order valence-electron chi connectivity index (χ1n) is 7.89. The Kier molecular flexibility index (Phi) is 3.68. The summed E-state index contributed by atoms with van der Waals surface area (Å²) >= 11 is 0. The average molecular weight is 302 g/mol. The van der Waals surface area contributed by atoms with Gasteiger partial charge in [-0.25, -0.2) is 0 Å². The van der Waals surface area contributed by atoms with Crippen LogP contribution >= 0.6 is 0 Å². The summed E-state index contributed by atoms with van der Waals surface area (Å²) in [7, 11) is 6.17. The van der Waals surface area contributed by atoms with Gasteiger partial charge in [0.25, 0.3) is 0 Å². The summed E-state index contributed by atoms with van der Waals surface area (Å²) < 4.78 is 2.55. The fraction of sp³-hybridized carbons (Fsp3) is 0.529. The second kappa shape index (κ2) is 5.39. The van der Waals surface area contributed by atoms with Gasteiger partial charge >= 0.3 is 5.97 Å². The van der Waals surface area contributed by atoms with Crippen LogP contribution in [0.2, 0.25) is 0 Å². The number of nitrogens with zero attached hydrogens (tertiary/aromatic N) is 3. The Morgan fingerprint density at radius 1 is 1.36 bits per heavy atom. The number of hydrogen-bond acceptors (Lipinski definition) is 2. The van der Waals surface area contributed by atoms with Crippen molar-refractivity contribution in [2.45, 2.75) is 31.2 Å². The summed E-state index contributed by atoms with van der Waals surface area (Å²) in [6.45, 7) is 1.03. The highest BCUT2D eigenvalue weighted by atomic mass is 16.4. The summed E-state index contributed by atoms with van der Waals surface area (Å²) in [4.78, 5) is 12.1. The SMILES string of the molecule is Cn1nc(C(C(=O)O)C2CCCC[N+]2(C)C)c2ccccc21. The molecule has 118 valence electrons. The molecule has 2 atom stereocenters. The highest BCUT2D eigenvalue weighted by Gasteiger charge is 2.44. The molecule has 0 bridgehead atoms. The number of aromatic nitrogens is 2. The lowest BCUT2D eigenvalue weighted by molar-refractivity contribution is -0.920. The van der Waals surface area contributed by atoms with Gasteiger partial charge in [-0.15, -0.1) is 0 Å². The lowest BCUT2D eigenvalue weighted by Crippen LogP contribution is -2.55. The highest BCUT2D eigenvalue weighted by molar-refractivity contribution is 5.88. The van der Waals surface area contributed by atoms with Crippen LogP contribution in [0, 0.1) is 0 Å². The second-order valence-corrected chi connectivity index (χ2v) is 6.91. The van der Waals surface area contributed by atoms with E-state index in [0.717, 1.165) is 34.8 Å². The van der Waals surface area contributed by atoms with Crippen LogP contribution in [0.3, 0.4) is 0 Å². The van der Waals surface area contributed by atoms with Gasteiger partial charge in [0, 0.05) is 18.9 Å². The maximum Gasteiger partial charge on any atom is 0.318 e. The smallest absolute Gasteiger partial charge is 0.318 e. The maximum atomic E-state index is 12.1. The molecule has 0 radical (unpaired) electrons. The van der Waals surface area contributed by atoms with Gasteiger partial charge in [-0.1, -0.05) is 18.2 Å². The predicted molar refractivity (Wildman–Crippen MR) is 85.7 cm³/mol. The summed E-state index contributed by atoms with van der Waals surface area (Å²) in [5, 5.41) is 15.5. The lowest BCUT2D eigenvalue weighted by atomic mass is 9.85. The van der Waals surface area contributed by atoms with E-state index >= 15 is 0 Å². The molecule has 1 fully saturated rings. The molecule has 5 nitrogen and oxygen atoms in total. The Morgan fingerprint density at radius 2 is 2.09 bits per heavy atom. The third-order valence-electron chi connectivity index (χ3n) is 5.11. The zero-order chi connectivity index (χ0) is 15.9. The Balaban J connectivity index is 2.13. The van der Waals surface area contributed by atoms with Gasteiger partial charge in [0.2, 0.25) is 0 Å². The number of carboxylic acids is 1. The Bertz CT molecular complexity index is 705. The fourth-order valence-corrected chi connectivity index (χ4v) is 3.89. The standard InChI is InChI=1S/C17H23N3O2/c1-19-13-9-5-4-8-12(13)16(18-19)15(17(21)22)14-10-6-7-11-20(14,2)3/h4-5,8-9,14-15H,6-7,10-11H2,1-3H3/p+1. The molecular formula is C17H24N3O2+. The van der Waals surface area contributed by atoms with Crippen LogP contribution in [0.25, 0.3) is 10.9 Å². The Labute approximate surface area is 130 Å². The molecule has 1 N–H and O–H groups in total. The van der Waals surface area contributed by atoms with Crippen LogP contribution in [0.1, 0.15) is 30.9 Å². The number of piperidine rings is 1. The first kappa shape index (κ1) is 15.0. The Hall–Kier alpha value is -1.88. The van der Waals surface area contributed by atoms with Crippen molar-refractivity contribution in [3.05, 3.63) is 30.0 Å². The minimum Gasteiger partial charge on any atom is -0.481 e. The second-order valence-electron chi connectivity index (χ2n) is 6.91. The molecule has 1 saturated heterocycles. The van der Waals surface area contributed by atoms with Crippen molar-refractivity contribution in [2.75, 3.05) is 20.6 Å². The van der Waals surface area contributed by atoms with Gasteiger partial charge in [-0.2, -0.15) is 5.10 Å². The first-order valence-corrected chi connectivity index (χ1v) is 7.89. The topological polar surface area (TPSA) is 55.1 Å². The predicted octanol–water partition coefficient (Wildman–Crippen LogP) is 2.37. The van der Waals surface area contributed by atoms with E-state index in [2.05, 4.69) is 19.2 Å².